The van der Waals surface area contributed by atoms with Crippen LogP contribution in [0.25, 0.3) is 5.65 Å². The molecule has 2 aromatic rings. The van der Waals surface area contributed by atoms with E-state index in [0.717, 1.165) is 30.0 Å². The molecule has 0 spiro atoms. The largest absolute Gasteiger partial charge is 0.352 e. The Balaban J connectivity index is 2.38. The zero-order valence-corrected chi connectivity index (χ0v) is 18.0. The molecule has 2 amide bonds. The van der Waals surface area contributed by atoms with Crippen LogP contribution < -0.4 is 10.2 Å². The van der Waals surface area contributed by atoms with Gasteiger partial charge in [0.25, 0.3) is 5.91 Å². The molecule has 28 heavy (non-hydrogen) atoms. The Hall–Kier alpha value is -2.57. The van der Waals surface area contributed by atoms with Gasteiger partial charge in [-0.1, -0.05) is 20.8 Å². The Morgan fingerprint density at radius 3 is 2.50 bits per heavy atom. The Morgan fingerprint density at radius 2 is 1.93 bits per heavy atom. The molecular formula is C21H33N5O2. The first-order valence-electron chi connectivity index (χ1n) is 10.0. The molecule has 0 atom stereocenters. The third-order valence-electron chi connectivity index (χ3n) is 4.77. The number of anilines is 1. The molecule has 0 saturated heterocycles. The molecule has 0 aliphatic rings. The minimum Gasteiger partial charge on any atom is -0.352 e. The van der Waals surface area contributed by atoms with E-state index in [1.807, 2.05) is 35.4 Å². The summed E-state index contributed by atoms with van der Waals surface area (Å²) in [7, 11) is 3.51. The van der Waals surface area contributed by atoms with Crippen LogP contribution in [0.15, 0.2) is 18.3 Å². The Bertz CT molecular complexity index is 826. The van der Waals surface area contributed by atoms with Gasteiger partial charge in [0.15, 0.2) is 0 Å². The second-order valence-corrected chi connectivity index (χ2v) is 7.62. The molecular weight excluding hydrogens is 354 g/mol. The maximum atomic E-state index is 12.5. The average molecular weight is 388 g/mol. The van der Waals surface area contributed by atoms with E-state index in [1.54, 1.807) is 25.1 Å². The number of aromatic nitrogens is 2. The van der Waals surface area contributed by atoms with E-state index in [4.69, 9.17) is 4.98 Å². The highest BCUT2D eigenvalue weighted by atomic mass is 16.2. The summed E-state index contributed by atoms with van der Waals surface area (Å²) in [6, 6.07) is 3.67. The van der Waals surface area contributed by atoms with Gasteiger partial charge in [-0.2, -0.15) is 0 Å². The molecule has 0 aliphatic heterocycles. The van der Waals surface area contributed by atoms with Crippen molar-refractivity contribution in [3.63, 3.8) is 0 Å². The van der Waals surface area contributed by atoms with Crippen molar-refractivity contribution in [1.29, 1.82) is 0 Å². The molecule has 2 rings (SSSR count). The summed E-state index contributed by atoms with van der Waals surface area (Å²) in [5, 5.41) is 2.98. The molecule has 0 fully saturated rings. The molecule has 0 bridgehead atoms. The number of rotatable bonds is 9. The summed E-state index contributed by atoms with van der Waals surface area (Å²) in [4.78, 5) is 33.1. The summed E-state index contributed by atoms with van der Waals surface area (Å²) in [6.45, 7) is 9.94. The van der Waals surface area contributed by atoms with Crippen molar-refractivity contribution in [1.82, 2.24) is 19.6 Å². The fraction of sp³-hybridized carbons (Fsp3) is 0.571. The van der Waals surface area contributed by atoms with Crippen molar-refractivity contribution >= 4 is 23.3 Å². The minimum atomic E-state index is -0.0901. The van der Waals surface area contributed by atoms with Gasteiger partial charge in [0.2, 0.25) is 5.91 Å². The Kier molecular flexibility index (Phi) is 7.43. The first kappa shape index (κ1) is 21.7. The standard InChI is InChI=1S/C21H33N5O2/c1-7-17-21(25(8-2)14-19(27)24(5)6)26-13-16(9-10-18(26)23-17)20(28)22-12-11-15(3)4/h9-10,13,15H,7-8,11-12,14H2,1-6H3,(H,22,28). The van der Waals surface area contributed by atoms with Crippen molar-refractivity contribution in [2.75, 3.05) is 38.6 Å². The normalized spacial score (nSPS) is 11.1. The highest BCUT2D eigenvalue weighted by Gasteiger charge is 2.20. The van der Waals surface area contributed by atoms with Gasteiger partial charge in [-0.05, 0) is 37.8 Å². The molecule has 0 saturated carbocycles. The third-order valence-corrected chi connectivity index (χ3v) is 4.77. The molecule has 0 unspecified atom stereocenters. The number of nitrogens with one attached hydrogen (secondary N) is 1. The molecule has 1 N–H and O–H groups in total. The van der Waals surface area contributed by atoms with Crippen molar-refractivity contribution in [2.24, 2.45) is 5.92 Å². The van der Waals surface area contributed by atoms with Gasteiger partial charge in [-0.25, -0.2) is 4.98 Å². The van der Waals surface area contributed by atoms with E-state index in [9.17, 15) is 9.59 Å². The number of hydrogen-bond donors (Lipinski definition) is 1. The number of nitrogens with zero attached hydrogens (tertiary/aromatic N) is 4. The number of carbonyl (C=O) groups is 2. The molecule has 2 aromatic heterocycles. The molecule has 2 heterocycles. The van der Waals surface area contributed by atoms with Crippen LogP contribution >= 0.6 is 0 Å². The van der Waals surface area contributed by atoms with Gasteiger partial charge < -0.3 is 15.1 Å². The van der Waals surface area contributed by atoms with Gasteiger partial charge in [0.05, 0.1) is 17.8 Å². The van der Waals surface area contributed by atoms with Gasteiger partial charge in [-0.3, -0.25) is 14.0 Å². The molecule has 7 heteroatoms. The fourth-order valence-electron chi connectivity index (χ4n) is 3.00. The van der Waals surface area contributed by atoms with Crippen LogP contribution in [0.2, 0.25) is 0 Å². The molecule has 0 aromatic carbocycles. The lowest BCUT2D eigenvalue weighted by Crippen LogP contribution is -2.37. The van der Waals surface area contributed by atoms with Gasteiger partial charge >= 0.3 is 0 Å². The van der Waals surface area contributed by atoms with Crippen LogP contribution in [0.5, 0.6) is 0 Å². The van der Waals surface area contributed by atoms with E-state index in [0.29, 0.717) is 24.6 Å². The van der Waals surface area contributed by atoms with Crippen LogP contribution in [-0.4, -0.2) is 59.8 Å². The highest BCUT2D eigenvalue weighted by Crippen LogP contribution is 2.24. The first-order chi connectivity index (χ1) is 13.3. The van der Waals surface area contributed by atoms with Gasteiger partial charge in [-0.15, -0.1) is 0 Å². The summed E-state index contributed by atoms with van der Waals surface area (Å²) in [5.41, 5.74) is 2.29. The summed E-state index contributed by atoms with van der Waals surface area (Å²) >= 11 is 0. The molecule has 0 aliphatic carbocycles. The monoisotopic (exact) mass is 387 g/mol. The lowest BCUT2D eigenvalue weighted by Gasteiger charge is -2.24. The predicted molar refractivity (Wildman–Crippen MR) is 113 cm³/mol. The number of amides is 2. The van der Waals surface area contributed by atoms with E-state index < -0.39 is 0 Å². The van der Waals surface area contributed by atoms with Crippen LogP contribution in [0, 0.1) is 5.92 Å². The average Bonchev–Trinajstić information content (AvgIpc) is 3.02. The van der Waals surface area contributed by atoms with Gasteiger partial charge in [0.1, 0.15) is 11.5 Å². The predicted octanol–water partition coefficient (Wildman–Crippen LogP) is 2.59. The number of likely N-dealkylation sites (N-methyl/N-ethyl adjacent to an activating group) is 2. The zero-order chi connectivity index (χ0) is 20.8. The molecule has 7 nitrogen and oxygen atoms in total. The highest BCUT2D eigenvalue weighted by molar-refractivity contribution is 5.94. The summed E-state index contributed by atoms with van der Waals surface area (Å²) < 4.78 is 1.93. The SMILES string of the molecule is CCc1nc2ccc(C(=O)NCCC(C)C)cn2c1N(CC)CC(=O)N(C)C. The quantitative estimate of drug-likeness (QED) is 0.718. The van der Waals surface area contributed by atoms with Crippen LogP contribution in [0.3, 0.4) is 0 Å². The lowest BCUT2D eigenvalue weighted by molar-refractivity contribution is -0.127. The van der Waals surface area contributed by atoms with E-state index in [1.165, 1.54) is 0 Å². The Labute approximate surface area is 167 Å². The van der Waals surface area contributed by atoms with Crippen LogP contribution in [0.4, 0.5) is 5.82 Å². The van der Waals surface area contributed by atoms with Crippen molar-refractivity contribution < 1.29 is 9.59 Å². The van der Waals surface area contributed by atoms with E-state index in [-0.39, 0.29) is 18.4 Å². The molecule has 154 valence electrons. The van der Waals surface area contributed by atoms with Crippen molar-refractivity contribution in [2.45, 2.75) is 40.5 Å². The summed E-state index contributed by atoms with van der Waals surface area (Å²) in [6.07, 6.45) is 3.52. The number of hydrogen-bond acceptors (Lipinski definition) is 4. The minimum absolute atomic E-state index is 0.0291. The Morgan fingerprint density at radius 1 is 1.21 bits per heavy atom. The summed E-state index contributed by atoms with van der Waals surface area (Å²) in [5.74, 6) is 1.36. The van der Waals surface area contributed by atoms with E-state index in [2.05, 4.69) is 19.2 Å². The number of fused-ring (bicyclic) bond motifs is 1. The number of aryl methyl sites for hydroxylation is 1. The fourth-order valence-corrected chi connectivity index (χ4v) is 3.00. The van der Waals surface area contributed by atoms with Crippen LogP contribution in [-0.2, 0) is 11.2 Å². The smallest absolute Gasteiger partial charge is 0.252 e. The van der Waals surface area contributed by atoms with E-state index >= 15 is 0 Å². The second-order valence-electron chi connectivity index (χ2n) is 7.62. The lowest BCUT2D eigenvalue weighted by atomic mass is 10.1. The van der Waals surface area contributed by atoms with Crippen molar-refractivity contribution in [3.8, 4) is 0 Å². The van der Waals surface area contributed by atoms with Crippen molar-refractivity contribution in [3.05, 3.63) is 29.6 Å². The number of imidazole rings is 1. The molecule has 0 radical (unpaired) electrons. The van der Waals surface area contributed by atoms with Gasteiger partial charge in [0, 0.05) is 33.4 Å². The maximum absolute atomic E-state index is 12.5. The second kappa shape index (κ2) is 9.57. The zero-order valence-electron chi connectivity index (χ0n) is 18.0. The first-order valence-corrected chi connectivity index (χ1v) is 10.0. The number of carbonyl (C=O) groups excluding carboxylic acids is 2. The topological polar surface area (TPSA) is 70.0 Å². The van der Waals surface area contributed by atoms with Crippen LogP contribution in [0.1, 0.15) is 50.2 Å². The number of pyridine rings is 1. The third kappa shape index (κ3) is 5.03. The maximum Gasteiger partial charge on any atom is 0.252 e.